The molecule has 4 N–H and O–H groups in total. The van der Waals surface area contributed by atoms with E-state index in [0.29, 0.717) is 32.2 Å². The van der Waals surface area contributed by atoms with Crippen LogP contribution >= 0.6 is 0 Å². The predicted octanol–water partition coefficient (Wildman–Crippen LogP) is 3.35. The summed E-state index contributed by atoms with van der Waals surface area (Å²) in [4.78, 5) is 50.1. The van der Waals surface area contributed by atoms with Crippen molar-refractivity contribution >= 4 is 23.9 Å². The molecule has 2 amide bonds. The molecule has 0 saturated carbocycles. The summed E-state index contributed by atoms with van der Waals surface area (Å²) in [7, 11) is 0. The van der Waals surface area contributed by atoms with E-state index in [4.69, 9.17) is 19.9 Å². The Labute approximate surface area is 210 Å². The van der Waals surface area contributed by atoms with Crippen molar-refractivity contribution in [1.29, 1.82) is 0 Å². The normalized spacial score (nSPS) is 13.9. The van der Waals surface area contributed by atoms with Crippen LogP contribution in [0.4, 0.5) is 4.79 Å². The molecule has 0 saturated heterocycles. The Hall–Kier alpha value is -2.36. The van der Waals surface area contributed by atoms with E-state index in [0.717, 1.165) is 0 Å². The molecule has 35 heavy (non-hydrogen) atoms. The standard InChI is InChI=1S/C25H47N3O7/c1-23(2,3)33-19(29)15-12-14-18(21(31)35-25(7,8)9)28-22(32)27-17(13-10-11-16-26)20(30)34-24(4,5)6/h17-18H,10-16,26H2,1-9H3,(H2,27,28,32)/t17-,18-/m0/s1. The average Bonchev–Trinajstić information content (AvgIpc) is 2.62. The number of ether oxygens (including phenoxy) is 3. The maximum atomic E-state index is 12.8. The zero-order valence-electron chi connectivity index (χ0n) is 23.0. The van der Waals surface area contributed by atoms with Crippen molar-refractivity contribution in [3.8, 4) is 0 Å². The summed E-state index contributed by atoms with van der Waals surface area (Å²) in [6.45, 7) is 16.2. The van der Waals surface area contributed by atoms with Crippen LogP contribution in [0.5, 0.6) is 0 Å². The van der Waals surface area contributed by atoms with E-state index in [1.165, 1.54) is 0 Å². The van der Waals surface area contributed by atoms with Gasteiger partial charge in [-0.25, -0.2) is 14.4 Å². The zero-order chi connectivity index (χ0) is 27.4. The first-order chi connectivity index (χ1) is 15.8. The summed E-state index contributed by atoms with van der Waals surface area (Å²) in [5.74, 6) is -1.59. The second-order valence-corrected chi connectivity index (χ2v) is 11.6. The van der Waals surface area contributed by atoms with Crippen LogP contribution in [0.3, 0.4) is 0 Å². The molecule has 0 fully saturated rings. The van der Waals surface area contributed by atoms with Gasteiger partial charge in [-0.2, -0.15) is 0 Å². The summed E-state index contributed by atoms with van der Waals surface area (Å²) in [6.07, 6.45) is 2.19. The molecule has 0 aromatic heterocycles. The van der Waals surface area contributed by atoms with Gasteiger partial charge in [0.1, 0.15) is 28.9 Å². The largest absolute Gasteiger partial charge is 0.460 e. The molecule has 0 aliphatic rings. The van der Waals surface area contributed by atoms with Gasteiger partial charge in [-0.05, 0) is 101 Å². The molecule has 10 nitrogen and oxygen atoms in total. The first-order valence-electron chi connectivity index (χ1n) is 12.3. The maximum Gasteiger partial charge on any atom is 0.329 e. The van der Waals surface area contributed by atoms with Crippen LogP contribution in [0.2, 0.25) is 0 Å². The average molecular weight is 502 g/mol. The van der Waals surface area contributed by atoms with E-state index >= 15 is 0 Å². The van der Waals surface area contributed by atoms with Crippen molar-refractivity contribution in [2.45, 2.75) is 130 Å². The minimum Gasteiger partial charge on any atom is -0.460 e. The van der Waals surface area contributed by atoms with Crippen LogP contribution in [0.25, 0.3) is 0 Å². The van der Waals surface area contributed by atoms with E-state index in [1.54, 1.807) is 62.3 Å². The number of hydrogen-bond donors (Lipinski definition) is 3. The smallest absolute Gasteiger partial charge is 0.329 e. The van der Waals surface area contributed by atoms with Gasteiger partial charge >= 0.3 is 23.9 Å². The molecule has 10 heteroatoms. The Bertz CT molecular complexity index is 703. The number of unbranched alkanes of at least 4 members (excludes halogenated alkanes) is 1. The van der Waals surface area contributed by atoms with E-state index < -0.39 is 52.8 Å². The molecule has 0 rings (SSSR count). The highest BCUT2D eigenvalue weighted by Gasteiger charge is 2.30. The van der Waals surface area contributed by atoms with Crippen LogP contribution in [-0.4, -0.2) is 59.4 Å². The molecule has 0 aliphatic carbocycles. The van der Waals surface area contributed by atoms with Gasteiger partial charge in [0.25, 0.3) is 0 Å². The summed E-state index contributed by atoms with van der Waals surface area (Å²) < 4.78 is 16.2. The summed E-state index contributed by atoms with van der Waals surface area (Å²) >= 11 is 0. The number of carbonyl (C=O) groups excluding carboxylic acids is 4. The molecule has 0 spiro atoms. The van der Waals surface area contributed by atoms with Crippen LogP contribution in [0, 0.1) is 0 Å². The summed E-state index contributed by atoms with van der Waals surface area (Å²) in [5, 5.41) is 5.20. The Morgan fingerprint density at radius 2 is 1.06 bits per heavy atom. The highest BCUT2D eigenvalue weighted by molar-refractivity contribution is 5.87. The fourth-order valence-corrected chi connectivity index (χ4v) is 2.94. The van der Waals surface area contributed by atoms with Crippen molar-refractivity contribution in [1.82, 2.24) is 10.6 Å². The molecule has 204 valence electrons. The highest BCUT2D eigenvalue weighted by Crippen LogP contribution is 2.15. The van der Waals surface area contributed by atoms with Gasteiger partial charge < -0.3 is 30.6 Å². The third-order valence-corrected chi connectivity index (χ3v) is 4.23. The lowest BCUT2D eigenvalue weighted by molar-refractivity contribution is -0.159. The van der Waals surface area contributed by atoms with E-state index in [2.05, 4.69) is 10.6 Å². The van der Waals surface area contributed by atoms with E-state index in [-0.39, 0.29) is 12.8 Å². The molecule has 0 bridgehead atoms. The van der Waals surface area contributed by atoms with Crippen LogP contribution in [0.15, 0.2) is 0 Å². The minimum absolute atomic E-state index is 0.0828. The molecule has 0 heterocycles. The Kier molecular flexibility index (Phi) is 13.3. The molecule has 2 atom stereocenters. The van der Waals surface area contributed by atoms with Crippen LogP contribution in [0.1, 0.15) is 101 Å². The van der Waals surface area contributed by atoms with E-state index in [1.807, 2.05) is 0 Å². The lowest BCUT2D eigenvalue weighted by atomic mass is 10.1. The summed E-state index contributed by atoms with van der Waals surface area (Å²) in [5.41, 5.74) is 3.45. The maximum absolute atomic E-state index is 12.8. The third-order valence-electron chi connectivity index (χ3n) is 4.23. The molecule has 0 unspecified atom stereocenters. The Morgan fingerprint density at radius 3 is 1.43 bits per heavy atom. The first kappa shape index (κ1) is 32.6. The lowest BCUT2D eigenvalue weighted by Crippen LogP contribution is -2.53. The molecular formula is C25H47N3O7. The summed E-state index contributed by atoms with van der Waals surface area (Å²) in [6, 6.07) is -2.62. The van der Waals surface area contributed by atoms with Gasteiger partial charge in [-0.15, -0.1) is 0 Å². The van der Waals surface area contributed by atoms with Crippen molar-refractivity contribution in [2.75, 3.05) is 6.54 Å². The minimum atomic E-state index is -1.01. The number of carbonyl (C=O) groups is 4. The van der Waals surface area contributed by atoms with Gasteiger partial charge in [-0.3, -0.25) is 4.79 Å². The number of hydrogen-bond acceptors (Lipinski definition) is 8. The molecule has 0 aromatic rings. The number of rotatable bonds is 12. The second-order valence-electron chi connectivity index (χ2n) is 11.6. The Morgan fingerprint density at radius 1 is 0.657 bits per heavy atom. The van der Waals surface area contributed by atoms with Crippen molar-refractivity contribution < 1.29 is 33.4 Å². The SMILES string of the molecule is CC(C)(C)OC(=O)CCC[C@H](NC(=O)N[C@@H](CCCCN)C(=O)OC(C)(C)C)C(=O)OC(C)(C)C. The van der Waals surface area contributed by atoms with Gasteiger partial charge in [-0.1, -0.05) is 0 Å². The first-order valence-corrected chi connectivity index (χ1v) is 12.3. The fraction of sp³-hybridized carbons (Fsp3) is 0.840. The predicted molar refractivity (Wildman–Crippen MR) is 134 cm³/mol. The highest BCUT2D eigenvalue weighted by atomic mass is 16.6. The van der Waals surface area contributed by atoms with Gasteiger partial charge in [0.2, 0.25) is 0 Å². The fourth-order valence-electron chi connectivity index (χ4n) is 2.94. The van der Waals surface area contributed by atoms with E-state index in [9.17, 15) is 19.2 Å². The van der Waals surface area contributed by atoms with Crippen molar-refractivity contribution in [3.05, 3.63) is 0 Å². The van der Waals surface area contributed by atoms with Gasteiger partial charge in [0, 0.05) is 6.42 Å². The van der Waals surface area contributed by atoms with Crippen LogP contribution in [-0.2, 0) is 28.6 Å². The van der Waals surface area contributed by atoms with Crippen molar-refractivity contribution in [3.63, 3.8) is 0 Å². The van der Waals surface area contributed by atoms with Crippen LogP contribution < -0.4 is 16.4 Å². The number of nitrogens with two attached hydrogens (primary N) is 1. The molecule has 0 radical (unpaired) electrons. The topological polar surface area (TPSA) is 146 Å². The number of esters is 3. The third kappa shape index (κ3) is 17.7. The molecule has 0 aliphatic heterocycles. The lowest BCUT2D eigenvalue weighted by Gasteiger charge is -2.27. The quantitative estimate of drug-likeness (QED) is 0.210. The molecule has 0 aromatic carbocycles. The number of nitrogens with one attached hydrogen (secondary N) is 2. The molecular weight excluding hydrogens is 454 g/mol. The second kappa shape index (κ2) is 14.3. The number of amides is 2. The van der Waals surface area contributed by atoms with Gasteiger partial charge in [0.15, 0.2) is 0 Å². The monoisotopic (exact) mass is 501 g/mol. The zero-order valence-corrected chi connectivity index (χ0v) is 23.0. The van der Waals surface area contributed by atoms with Gasteiger partial charge in [0.05, 0.1) is 0 Å². The number of urea groups is 1. The Balaban J connectivity index is 5.30. The van der Waals surface area contributed by atoms with Crippen molar-refractivity contribution in [2.24, 2.45) is 5.73 Å².